The van der Waals surface area contributed by atoms with Gasteiger partial charge in [-0.2, -0.15) is 0 Å². The second-order valence-electron chi connectivity index (χ2n) is 5.78. The fraction of sp³-hybridized carbons (Fsp3) is 0.176. The highest BCUT2D eigenvalue weighted by Gasteiger charge is 2.22. The minimum Gasteiger partial charge on any atom is -0.505 e. The molecule has 2 rings (SSSR count). The lowest BCUT2D eigenvalue weighted by atomic mass is 10.0. The van der Waals surface area contributed by atoms with E-state index in [9.17, 15) is 19.6 Å². The average Bonchev–Trinajstić information content (AvgIpc) is 2.59. The van der Waals surface area contributed by atoms with Crippen LogP contribution >= 0.6 is 23.8 Å². The van der Waals surface area contributed by atoms with Crippen molar-refractivity contribution >= 4 is 35.4 Å². The number of nitrogens with one attached hydrogen (secondary N) is 1. The molecule has 28 heavy (non-hydrogen) atoms. The van der Waals surface area contributed by atoms with Gasteiger partial charge in [0.25, 0.3) is 0 Å². The minimum atomic E-state index is -4.73. The Bertz CT molecular complexity index is 947. The van der Waals surface area contributed by atoms with E-state index in [1.165, 1.54) is 6.20 Å². The minimum absolute atomic E-state index is 0.0400. The van der Waals surface area contributed by atoms with Crippen molar-refractivity contribution in [3.05, 3.63) is 69.3 Å². The van der Waals surface area contributed by atoms with E-state index in [2.05, 4.69) is 30.8 Å². The molecule has 0 spiro atoms. The standard InChI is InChI=1S/C17H18BrN2O7P/c1-10-16(21)14(12(7-19-10)9-27-28(24,25)26)8-20-15(17(22)23)6-11-3-2-4-13(18)5-11/h2-5,7-8,19,21H,6,9H2,1H3,(H,22,23)(H2,24,25,26)/b14-8-,20-15?. The summed E-state index contributed by atoms with van der Waals surface area (Å²) < 4.78 is 16.2. The molecule has 1 aromatic rings. The maximum atomic E-state index is 11.5. The number of carbonyl (C=O) groups is 1. The van der Waals surface area contributed by atoms with Gasteiger partial charge in [-0.1, -0.05) is 28.1 Å². The molecule has 0 fully saturated rings. The number of aliphatic hydroxyl groups is 1. The zero-order valence-electron chi connectivity index (χ0n) is 14.7. The molecule has 0 atom stereocenters. The number of carboxylic acid groups (broad SMARTS) is 1. The fourth-order valence-electron chi connectivity index (χ4n) is 2.27. The summed E-state index contributed by atoms with van der Waals surface area (Å²) in [7, 11) is -4.73. The Kier molecular flexibility index (Phi) is 7.34. The highest BCUT2D eigenvalue weighted by atomic mass is 79.9. The summed E-state index contributed by atoms with van der Waals surface area (Å²) in [5.41, 5.74) is 1.20. The fourth-order valence-corrected chi connectivity index (χ4v) is 3.03. The summed E-state index contributed by atoms with van der Waals surface area (Å²) in [5, 5.41) is 22.4. The Hall–Kier alpha value is -2.23. The van der Waals surface area contributed by atoms with Crippen LogP contribution in [0.25, 0.3) is 0 Å². The van der Waals surface area contributed by atoms with Crippen LogP contribution in [0, 0.1) is 0 Å². The number of hydrogen-bond donors (Lipinski definition) is 5. The number of dihydropyridines is 1. The van der Waals surface area contributed by atoms with Crippen LogP contribution in [0.15, 0.2) is 68.7 Å². The SMILES string of the molecule is CC1=C(O)/C(=C\N=C(Cc2cccc(Br)c2)C(=O)O)C(COP(=O)(O)O)=CN1. The molecule has 0 radical (unpaired) electrons. The molecule has 1 heterocycles. The third-order valence-corrected chi connectivity index (χ3v) is 4.62. The van der Waals surface area contributed by atoms with Crippen molar-refractivity contribution < 1.29 is 33.9 Å². The first kappa shape index (κ1) is 22.1. The molecular weight excluding hydrogens is 455 g/mol. The van der Waals surface area contributed by atoms with Gasteiger partial charge in [0.2, 0.25) is 0 Å². The summed E-state index contributed by atoms with van der Waals surface area (Å²) in [5.74, 6) is -1.47. The van der Waals surface area contributed by atoms with E-state index < -0.39 is 20.4 Å². The van der Waals surface area contributed by atoms with E-state index in [0.717, 1.165) is 16.2 Å². The van der Waals surface area contributed by atoms with E-state index in [-0.39, 0.29) is 29.0 Å². The molecule has 0 aromatic heterocycles. The molecule has 0 bridgehead atoms. The highest BCUT2D eigenvalue weighted by molar-refractivity contribution is 9.10. The second kappa shape index (κ2) is 9.31. The molecular formula is C17H18BrN2O7P. The molecule has 0 saturated heterocycles. The average molecular weight is 473 g/mol. The summed E-state index contributed by atoms with van der Waals surface area (Å²) in [6.07, 6.45) is 2.56. The first-order valence-corrected chi connectivity index (χ1v) is 10.2. The number of aliphatic carboxylic acids is 1. The maximum absolute atomic E-state index is 11.5. The molecule has 0 unspecified atom stereocenters. The maximum Gasteiger partial charge on any atom is 0.469 e. The number of halogens is 1. The predicted molar refractivity (Wildman–Crippen MR) is 106 cm³/mol. The van der Waals surface area contributed by atoms with Crippen LogP contribution in [-0.4, -0.2) is 38.3 Å². The van der Waals surface area contributed by atoms with Crippen molar-refractivity contribution in [1.82, 2.24) is 5.32 Å². The Morgan fingerprint density at radius 1 is 1.39 bits per heavy atom. The number of aliphatic hydroxyl groups excluding tert-OH is 1. The van der Waals surface area contributed by atoms with Crippen molar-refractivity contribution in [2.75, 3.05) is 6.61 Å². The van der Waals surface area contributed by atoms with Crippen LogP contribution in [-0.2, 0) is 20.3 Å². The number of benzene rings is 1. The van der Waals surface area contributed by atoms with Gasteiger partial charge in [-0.3, -0.25) is 9.52 Å². The van der Waals surface area contributed by atoms with Crippen molar-refractivity contribution in [1.29, 1.82) is 0 Å². The molecule has 0 amide bonds. The number of allylic oxidation sites excluding steroid dienone is 2. The number of aliphatic imine (C=N–C) groups is 1. The smallest absolute Gasteiger partial charge is 0.469 e. The molecule has 9 nitrogen and oxygen atoms in total. The van der Waals surface area contributed by atoms with Crippen LogP contribution in [0.4, 0.5) is 0 Å². The zero-order valence-corrected chi connectivity index (χ0v) is 17.1. The lowest BCUT2D eigenvalue weighted by molar-refractivity contribution is -0.129. The number of nitrogens with zero attached hydrogens (tertiary/aromatic N) is 1. The van der Waals surface area contributed by atoms with Gasteiger partial charge in [0.15, 0.2) is 0 Å². The summed E-state index contributed by atoms with van der Waals surface area (Å²) in [6, 6.07) is 7.09. The van der Waals surface area contributed by atoms with Crippen LogP contribution in [0.5, 0.6) is 0 Å². The molecule has 150 valence electrons. The van der Waals surface area contributed by atoms with Gasteiger partial charge in [0.05, 0.1) is 12.3 Å². The van der Waals surface area contributed by atoms with Gasteiger partial charge in [-0.25, -0.2) is 9.36 Å². The van der Waals surface area contributed by atoms with E-state index in [4.69, 9.17) is 9.79 Å². The van der Waals surface area contributed by atoms with Crippen molar-refractivity contribution in [2.45, 2.75) is 13.3 Å². The number of rotatable bonds is 7. The molecule has 0 saturated carbocycles. The quantitative estimate of drug-likeness (QED) is 0.300. The van der Waals surface area contributed by atoms with Gasteiger partial charge < -0.3 is 25.3 Å². The van der Waals surface area contributed by atoms with Crippen LogP contribution in [0.3, 0.4) is 0 Å². The highest BCUT2D eigenvalue weighted by Crippen LogP contribution is 2.37. The molecule has 1 aliphatic heterocycles. The lowest BCUT2D eigenvalue weighted by Crippen LogP contribution is -2.18. The number of phosphoric ester groups is 1. The van der Waals surface area contributed by atoms with Gasteiger partial charge >= 0.3 is 13.8 Å². The molecule has 1 aromatic carbocycles. The summed E-state index contributed by atoms with van der Waals surface area (Å²) >= 11 is 3.32. The number of carboxylic acids is 1. The molecule has 5 N–H and O–H groups in total. The summed E-state index contributed by atoms with van der Waals surface area (Å²) in [4.78, 5) is 33.3. The largest absolute Gasteiger partial charge is 0.505 e. The van der Waals surface area contributed by atoms with Crippen LogP contribution < -0.4 is 5.32 Å². The Morgan fingerprint density at radius 2 is 2.11 bits per heavy atom. The first-order chi connectivity index (χ1) is 13.1. The Morgan fingerprint density at radius 3 is 2.71 bits per heavy atom. The monoisotopic (exact) mass is 472 g/mol. The topological polar surface area (TPSA) is 149 Å². The van der Waals surface area contributed by atoms with E-state index in [0.29, 0.717) is 5.70 Å². The third kappa shape index (κ3) is 6.43. The van der Waals surface area contributed by atoms with Crippen molar-refractivity contribution in [3.63, 3.8) is 0 Å². The normalized spacial score (nSPS) is 16.8. The van der Waals surface area contributed by atoms with Crippen molar-refractivity contribution in [3.8, 4) is 0 Å². The predicted octanol–water partition coefficient (Wildman–Crippen LogP) is 2.79. The van der Waals surface area contributed by atoms with Crippen molar-refractivity contribution in [2.24, 2.45) is 4.99 Å². The van der Waals surface area contributed by atoms with Gasteiger partial charge in [0, 0.05) is 34.4 Å². The number of phosphoric acid groups is 1. The van der Waals surface area contributed by atoms with Gasteiger partial charge in [-0.15, -0.1) is 0 Å². The lowest BCUT2D eigenvalue weighted by Gasteiger charge is -2.19. The third-order valence-electron chi connectivity index (χ3n) is 3.66. The van der Waals surface area contributed by atoms with E-state index in [1.54, 1.807) is 25.1 Å². The van der Waals surface area contributed by atoms with Crippen LogP contribution in [0.2, 0.25) is 0 Å². The van der Waals surface area contributed by atoms with Gasteiger partial charge in [0.1, 0.15) is 11.5 Å². The Balaban J connectivity index is 2.34. The second-order valence-corrected chi connectivity index (χ2v) is 7.94. The number of hydrogen-bond acceptors (Lipinski definition) is 6. The Labute approximate surface area is 169 Å². The van der Waals surface area contributed by atoms with Gasteiger partial charge in [-0.05, 0) is 24.6 Å². The first-order valence-electron chi connectivity index (χ1n) is 7.87. The zero-order chi connectivity index (χ0) is 20.9. The molecule has 11 heteroatoms. The molecule has 0 aliphatic carbocycles. The van der Waals surface area contributed by atoms with E-state index >= 15 is 0 Å². The summed E-state index contributed by atoms with van der Waals surface area (Å²) in [6.45, 7) is 1.06. The van der Waals surface area contributed by atoms with E-state index in [1.807, 2.05) is 6.07 Å². The van der Waals surface area contributed by atoms with Crippen LogP contribution in [0.1, 0.15) is 12.5 Å². The molecule has 1 aliphatic rings.